The Hall–Kier alpha value is -0.0301. The third kappa shape index (κ3) is 2.60. The Morgan fingerprint density at radius 3 is 1.63 bits per heavy atom. The minimum absolute atomic E-state index is 0.0523. The maximum absolute atomic E-state index is 6.04. The number of rotatable bonds is 2. The predicted octanol–water partition coefficient (Wildman–Crippen LogP) is 2.50. The Kier molecular flexibility index (Phi) is 3.63. The van der Waals surface area contributed by atoms with E-state index in [1.54, 1.807) is 0 Å². The van der Waals surface area contributed by atoms with Crippen molar-refractivity contribution < 1.29 is 18.6 Å². The van der Waals surface area contributed by atoms with E-state index in [0.29, 0.717) is 5.92 Å². The summed E-state index contributed by atoms with van der Waals surface area (Å²) in [5.74, 6) is 0.391. The summed E-state index contributed by atoms with van der Waals surface area (Å²) < 4.78 is 24.1. The molecule has 0 amide bonds. The van der Waals surface area contributed by atoms with Crippen LogP contribution in [0.1, 0.15) is 55.4 Å². The lowest BCUT2D eigenvalue weighted by Gasteiger charge is -2.32. The van der Waals surface area contributed by atoms with E-state index in [9.17, 15) is 0 Å². The lowest BCUT2D eigenvalue weighted by Crippen LogP contribution is -2.41. The standard InChI is InChI=1S/C13H26B2O4/c1-9(2)10-11(3,4)17-14(16-10)15-18-12(5,6)13(7,8)19-15/h9-10H,1-8H3. The van der Waals surface area contributed by atoms with Gasteiger partial charge >= 0.3 is 14.0 Å². The highest BCUT2D eigenvalue weighted by Gasteiger charge is 2.62. The van der Waals surface area contributed by atoms with Crippen LogP contribution in [0.25, 0.3) is 0 Å². The molecule has 0 aromatic heterocycles. The average Bonchev–Trinajstić information content (AvgIpc) is 2.61. The number of hydrogen-bond donors (Lipinski definition) is 0. The molecule has 19 heavy (non-hydrogen) atoms. The summed E-state index contributed by atoms with van der Waals surface area (Å²) in [5, 5.41) is 0. The van der Waals surface area contributed by atoms with Crippen LogP contribution in [0, 0.1) is 5.92 Å². The third-order valence-electron chi connectivity index (χ3n) is 4.49. The molecule has 2 saturated heterocycles. The first-order chi connectivity index (χ1) is 8.46. The van der Waals surface area contributed by atoms with Gasteiger partial charge in [0.2, 0.25) is 0 Å². The maximum Gasteiger partial charge on any atom is 0.488 e. The van der Waals surface area contributed by atoms with Gasteiger partial charge in [-0.2, -0.15) is 0 Å². The van der Waals surface area contributed by atoms with Gasteiger partial charge in [0.15, 0.2) is 0 Å². The molecule has 0 aromatic rings. The summed E-state index contributed by atoms with van der Waals surface area (Å²) in [6, 6.07) is 0. The lowest BCUT2D eigenvalue weighted by atomic mass is 9.49. The Balaban J connectivity index is 2.11. The summed E-state index contributed by atoms with van der Waals surface area (Å²) in [4.78, 5) is 0. The van der Waals surface area contributed by atoms with Crippen LogP contribution in [0.3, 0.4) is 0 Å². The topological polar surface area (TPSA) is 36.9 Å². The molecule has 6 heteroatoms. The molecule has 0 aliphatic carbocycles. The Morgan fingerprint density at radius 2 is 1.26 bits per heavy atom. The minimum Gasteiger partial charge on any atom is -0.407 e. The Bertz CT molecular complexity index is 339. The lowest BCUT2D eigenvalue weighted by molar-refractivity contribution is 0.00578. The summed E-state index contributed by atoms with van der Waals surface area (Å²) in [6.07, 6.45) is 0.0523. The van der Waals surface area contributed by atoms with Crippen molar-refractivity contribution in [2.75, 3.05) is 0 Å². The first-order valence-electron chi connectivity index (χ1n) is 7.15. The molecule has 0 N–H and O–H groups in total. The highest BCUT2D eigenvalue weighted by Crippen LogP contribution is 2.41. The van der Waals surface area contributed by atoms with Crippen molar-refractivity contribution in [1.82, 2.24) is 0 Å². The molecule has 0 radical (unpaired) electrons. The van der Waals surface area contributed by atoms with E-state index in [0.717, 1.165) is 0 Å². The monoisotopic (exact) mass is 268 g/mol. The fourth-order valence-corrected chi connectivity index (χ4v) is 2.78. The molecule has 1 atom stereocenters. The molecule has 0 spiro atoms. The molecule has 2 rings (SSSR count). The SMILES string of the molecule is CC(C)C1OB(B2OC(C)(C)C(C)(C)O2)OC1(C)C. The van der Waals surface area contributed by atoms with E-state index in [1.165, 1.54) is 0 Å². The van der Waals surface area contributed by atoms with Gasteiger partial charge < -0.3 is 18.6 Å². The largest absolute Gasteiger partial charge is 0.488 e. The van der Waals surface area contributed by atoms with E-state index in [-0.39, 0.29) is 22.9 Å². The first-order valence-corrected chi connectivity index (χ1v) is 7.15. The molecule has 2 aliphatic rings. The second-order valence-corrected chi connectivity index (χ2v) is 7.52. The summed E-state index contributed by atoms with van der Waals surface area (Å²) in [7, 11) is -0.920. The molecule has 0 saturated carbocycles. The molecular formula is C13H26B2O4. The molecule has 1 unspecified atom stereocenters. The van der Waals surface area contributed by atoms with Crippen LogP contribution in [0.5, 0.6) is 0 Å². The molecule has 2 fully saturated rings. The van der Waals surface area contributed by atoms with Crippen molar-refractivity contribution >= 4 is 14.0 Å². The van der Waals surface area contributed by atoms with Crippen LogP contribution >= 0.6 is 0 Å². The van der Waals surface area contributed by atoms with Gasteiger partial charge in [-0.3, -0.25) is 0 Å². The molecule has 2 aliphatic heterocycles. The molecule has 4 nitrogen and oxygen atoms in total. The van der Waals surface area contributed by atoms with Crippen LogP contribution in [-0.2, 0) is 18.6 Å². The second-order valence-electron chi connectivity index (χ2n) is 7.52. The van der Waals surface area contributed by atoms with E-state index in [2.05, 4.69) is 27.7 Å². The molecule has 108 valence electrons. The van der Waals surface area contributed by atoms with Crippen LogP contribution in [0.15, 0.2) is 0 Å². The van der Waals surface area contributed by atoms with Gasteiger partial charge in [0.25, 0.3) is 0 Å². The molecular weight excluding hydrogens is 242 g/mol. The summed E-state index contributed by atoms with van der Waals surface area (Å²) >= 11 is 0. The number of hydrogen-bond acceptors (Lipinski definition) is 4. The zero-order valence-corrected chi connectivity index (χ0v) is 13.4. The van der Waals surface area contributed by atoms with Crippen molar-refractivity contribution in [3.8, 4) is 0 Å². The van der Waals surface area contributed by atoms with Gasteiger partial charge in [-0.15, -0.1) is 0 Å². The van der Waals surface area contributed by atoms with Gasteiger partial charge in [0, 0.05) is 0 Å². The fourth-order valence-electron chi connectivity index (χ4n) is 2.78. The van der Waals surface area contributed by atoms with Gasteiger partial charge in [-0.05, 0) is 47.5 Å². The van der Waals surface area contributed by atoms with E-state index >= 15 is 0 Å². The highest BCUT2D eigenvalue weighted by atomic mass is 16.7. The Morgan fingerprint density at radius 1 is 0.789 bits per heavy atom. The third-order valence-corrected chi connectivity index (χ3v) is 4.49. The van der Waals surface area contributed by atoms with Crippen LogP contribution in [0.4, 0.5) is 0 Å². The van der Waals surface area contributed by atoms with Crippen molar-refractivity contribution in [3.63, 3.8) is 0 Å². The van der Waals surface area contributed by atoms with Gasteiger partial charge in [-0.1, -0.05) is 13.8 Å². The van der Waals surface area contributed by atoms with Gasteiger partial charge in [0.05, 0.1) is 22.9 Å². The van der Waals surface area contributed by atoms with E-state index < -0.39 is 14.0 Å². The molecule has 0 aromatic carbocycles. The van der Waals surface area contributed by atoms with Crippen molar-refractivity contribution in [2.45, 2.75) is 78.3 Å². The zero-order chi connectivity index (χ0) is 14.6. The zero-order valence-electron chi connectivity index (χ0n) is 13.4. The summed E-state index contributed by atoms with van der Waals surface area (Å²) in [5.41, 5.74) is -1.03. The van der Waals surface area contributed by atoms with Gasteiger partial charge in [-0.25, -0.2) is 0 Å². The van der Waals surface area contributed by atoms with Crippen molar-refractivity contribution in [2.24, 2.45) is 5.92 Å². The smallest absolute Gasteiger partial charge is 0.407 e. The summed E-state index contributed by atoms with van der Waals surface area (Å²) in [6.45, 7) is 16.5. The molecule has 0 bridgehead atoms. The van der Waals surface area contributed by atoms with Crippen LogP contribution < -0.4 is 0 Å². The van der Waals surface area contributed by atoms with E-state index in [4.69, 9.17) is 18.6 Å². The quantitative estimate of drug-likeness (QED) is 0.721. The van der Waals surface area contributed by atoms with Gasteiger partial charge in [0.1, 0.15) is 0 Å². The van der Waals surface area contributed by atoms with Crippen LogP contribution in [-0.4, -0.2) is 36.9 Å². The molecule has 2 heterocycles. The Labute approximate surface area is 117 Å². The van der Waals surface area contributed by atoms with E-state index in [1.807, 2.05) is 27.7 Å². The predicted molar refractivity (Wildman–Crippen MR) is 76.7 cm³/mol. The fraction of sp³-hybridized carbons (Fsp3) is 1.00. The first kappa shape index (κ1) is 15.4. The second kappa shape index (κ2) is 4.48. The highest BCUT2D eigenvalue weighted by molar-refractivity contribution is 7.11. The minimum atomic E-state index is -0.465. The van der Waals surface area contributed by atoms with Crippen molar-refractivity contribution in [1.29, 1.82) is 0 Å². The average molecular weight is 268 g/mol. The maximum atomic E-state index is 6.04. The van der Waals surface area contributed by atoms with Crippen LogP contribution in [0.2, 0.25) is 0 Å². The normalized spacial score (nSPS) is 32.4. The van der Waals surface area contributed by atoms with Crippen molar-refractivity contribution in [3.05, 3.63) is 0 Å².